The molecule has 0 fully saturated rings. The van der Waals surface area contributed by atoms with E-state index in [0.717, 1.165) is 5.56 Å². The quantitative estimate of drug-likeness (QED) is 0.776. The van der Waals surface area contributed by atoms with E-state index < -0.39 is 11.9 Å². The van der Waals surface area contributed by atoms with Crippen LogP contribution >= 0.6 is 0 Å². The molecule has 3 N–H and O–H groups in total. The Kier molecular flexibility index (Phi) is 6.18. The summed E-state index contributed by atoms with van der Waals surface area (Å²) in [6.07, 6.45) is 0.163. The molecule has 5 heteroatoms. The third-order valence-electron chi connectivity index (χ3n) is 3.43. The van der Waals surface area contributed by atoms with E-state index in [4.69, 9.17) is 10.5 Å². The number of hydrogen-bond donors (Lipinski definition) is 2. The number of methoxy groups -OCH3 is 1. The highest BCUT2D eigenvalue weighted by molar-refractivity contribution is 5.87. The lowest BCUT2D eigenvalue weighted by Crippen LogP contribution is -2.49. The summed E-state index contributed by atoms with van der Waals surface area (Å²) >= 11 is 0. The third kappa shape index (κ3) is 4.66. The number of carbonyl (C=O) groups is 2. The lowest BCUT2D eigenvalue weighted by atomic mass is 10.0. The molecule has 1 aromatic rings. The third-order valence-corrected chi connectivity index (χ3v) is 3.43. The summed E-state index contributed by atoms with van der Waals surface area (Å²) in [5.74, 6) is -1.13. The molecule has 0 aliphatic rings. The molecule has 20 heavy (non-hydrogen) atoms. The highest BCUT2D eigenvalue weighted by atomic mass is 16.5. The Hall–Kier alpha value is -1.88. The Bertz CT molecular complexity index is 448. The van der Waals surface area contributed by atoms with E-state index >= 15 is 0 Å². The van der Waals surface area contributed by atoms with Crippen LogP contribution in [0.5, 0.6) is 0 Å². The van der Waals surface area contributed by atoms with Gasteiger partial charge in [-0.1, -0.05) is 37.3 Å². The molecule has 5 nitrogen and oxygen atoms in total. The first kappa shape index (κ1) is 16.2. The van der Waals surface area contributed by atoms with Crippen molar-refractivity contribution in [3.63, 3.8) is 0 Å². The van der Waals surface area contributed by atoms with Crippen molar-refractivity contribution in [1.29, 1.82) is 0 Å². The molecule has 3 atom stereocenters. The average molecular weight is 278 g/mol. The summed E-state index contributed by atoms with van der Waals surface area (Å²) in [5.41, 5.74) is 6.30. The molecule has 0 saturated carbocycles. The van der Waals surface area contributed by atoms with E-state index in [1.54, 1.807) is 21.0 Å². The molecular weight excluding hydrogens is 256 g/mol. The summed E-state index contributed by atoms with van der Waals surface area (Å²) in [6, 6.07) is 8.72. The van der Waals surface area contributed by atoms with Gasteiger partial charge in [0, 0.05) is 13.5 Å². The number of nitrogens with two attached hydrogens (primary N) is 1. The van der Waals surface area contributed by atoms with Crippen molar-refractivity contribution in [2.24, 2.45) is 11.7 Å². The summed E-state index contributed by atoms with van der Waals surface area (Å²) < 4.78 is 5.12. The molecule has 110 valence electrons. The molecule has 0 heterocycles. The number of carbonyl (C=O) groups excluding carboxylic acids is 2. The van der Waals surface area contributed by atoms with Crippen molar-refractivity contribution >= 4 is 11.8 Å². The maximum atomic E-state index is 12.0. The van der Waals surface area contributed by atoms with E-state index in [2.05, 4.69) is 5.32 Å². The van der Waals surface area contributed by atoms with Crippen molar-refractivity contribution in [2.75, 3.05) is 7.11 Å². The van der Waals surface area contributed by atoms with Crippen molar-refractivity contribution in [2.45, 2.75) is 32.4 Å². The van der Waals surface area contributed by atoms with Gasteiger partial charge in [-0.3, -0.25) is 9.59 Å². The zero-order valence-corrected chi connectivity index (χ0v) is 12.1. The second-order valence-corrected chi connectivity index (χ2v) is 4.88. The lowest BCUT2D eigenvalue weighted by Gasteiger charge is -2.21. The van der Waals surface area contributed by atoms with Crippen molar-refractivity contribution in [3.05, 3.63) is 35.9 Å². The maximum absolute atomic E-state index is 12.0. The van der Waals surface area contributed by atoms with Gasteiger partial charge in [0.1, 0.15) is 6.04 Å². The van der Waals surface area contributed by atoms with Crippen LogP contribution < -0.4 is 11.1 Å². The topological polar surface area (TPSA) is 81.4 Å². The lowest BCUT2D eigenvalue weighted by molar-refractivity contribution is -0.132. The monoisotopic (exact) mass is 278 g/mol. The Morgan fingerprint density at radius 1 is 1.25 bits per heavy atom. The molecule has 2 amide bonds. The molecule has 1 aromatic carbocycles. The van der Waals surface area contributed by atoms with Crippen molar-refractivity contribution < 1.29 is 14.3 Å². The van der Waals surface area contributed by atoms with Crippen molar-refractivity contribution in [3.8, 4) is 0 Å². The zero-order valence-electron chi connectivity index (χ0n) is 12.1. The highest BCUT2D eigenvalue weighted by Crippen LogP contribution is 2.08. The van der Waals surface area contributed by atoms with Gasteiger partial charge in [0.25, 0.3) is 0 Å². The second kappa shape index (κ2) is 7.65. The van der Waals surface area contributed by atoms with Crippen LogP contribution in [0.25, 0.3) is 0 Å². The van der Waals surface area contributed by atoms with Crippen LogP contribution in [0, 0.1) is 5.92 Å². The molecule has 0 saturated heterocycles. The predicted octanol–water partition coefficient (Wildman–Crippen LogP) is 0.870. The number of hydrogen-bond acceptors (Lipinski definition) is 3. The highest BCUT2D eigenvalue weighted by Gasteiger charge is 2.25. The van der Waals surface area contributed by atoms with E-state index in [1.807, 2.05) is 30.3 Å². The van der Waals surface area contributed by atoms with Gasteiger partial charge >= 0.3 is 0 Å². The first-order valence-electron chi connectivity index (χ1n) is 6.62. The fraction of sp³-hybridized carbons (Fsp3) is 0.467. The van der Waals surface area contributed by atoms with Crippen LogP contribution in [-0.4, -0.2) is 31.1 Å². The molecular formula is C15H22N2O3. The maximum Gasteiger partial charge on any atom is 0.240 e. The molecule has 0 aliphatic heterocycles. The minimum absolute atomic E-state index is 0.222. The molecule has 0 bridgehead atoms. The summed E-state index contributed by atoms with van der Waals surface area (Å²) in [6.45, 7) is 3.56. The zero-order chi connectivity index (χ0) is 15.1. The van der Waals surface area contributed by atoms with E-state index in [0.29, 0.717) is 6.42 Å². The first-order valence-corrected chi connectivity index (χ1v) is 6.62. The number of primary amides is 1. The number of nitrogens with one attached hydrogen (secondary N) is 1. The van der Waals surface area contributed by atoms with E-state index in [9.17, 15) is 9.59 Å². The Morgan fingerprint density at radius 3 is 2.35 bits per heavy atom. The minimum Gasteiger partial charge on any atom is -0.381 e. The van der Waals surface area contributed by atoms with Gasteiger partial charge in [0.05, 0.1) is 12.0 Å². The average Bonchev–Trinajstić information content (AvgIpc) is 2.45. The van der Waals surface area contributed by atoms with Gasteiger partial charge in [-0.05, 0) is 12.5 Å². The minimum atomic E-state index is -0.712. The summed E-state index contributed by atoms with van der Waals surface area (Å²) in [7, 11) is 1.55. The number of benzene rings is 1. The van der Waals surface area contributed by atoms with Gasteiger partial charge in [-0.15, -0.1) is 0 Å². The SMILES string of the molecule is CO[C@@H](C)[C@@H](C)C(=O)N[C@@H](Cc1ccccc1)C(N)=O. The molecule has 0 spiro atoms. The largest absolute Gasteiger partial charge is 0.381 e. The normalized spacial score (nSPS) is 15.2. The van der Waals surface area contributed by atoms with Gasteiger partial charge in [-0.2, -0.15) is 0 Å². The molecule has 0 aliphatic carbocycles. The Balaban J connectivity index is 2.68. The van der Waals surface area contributed by atoms with Gasteiger partial charge in [0.2, 0.25) is 11.8 Å². The molecule has 1 rings (SSSR count). The standard InChI is InChI=1S/C15H22N2O3/c1-10(11(2)20-3)15(19)17-13(14(16)18)9-12-7-5-4-6-8-12/h4-8,10-11,13H,9H2,1-3H3,(H2,16,18)(H,17,19)/t10-,11+,13+/m1/s1. The summed E-state index contributed by atoms with van der Waals surface area (Å²) in [4.78, 5) is 23.5. The number of rotatable bonds is 7. The fourth-order valence-electron chi connectivity index (χ4n) is 1.79. The molecule has 0 radical (unpaired) electrons. The van der Waals surface area contributed by atoms with Crippen LogP contribution in [0.15, 0.2) is 30.3 Å². The predicted molar refractivity (Wildman–Crippen MR) is 76.9 cm³/mol. The van der Waals surface area contributed by atoms with Gasteiger partial charge in [0.15, 0.2) is 0 Å². The van der Waals surface area contributed by atoms with Crippen LogP contribution in [0.2, 0.25) is 0 Å². The van der Waals surface area contributed by atoms with Gasteiger partial charge in [-0.25, -0.2) is 0 Å². The van der Waals surface area contributed by atoms with Crippen LogP contribution in [-0.2, 0) is 20.7 Å². The van der Waals surface area contributed by atoms with Gasteiger partial charge < -0.3 is 15.8 Å². The second-order valence-electron chi connectivity index (χ2n) is 4.88. The van der Waals surface area contributed by atoms with Crippen LogP contribution in [0.3, 0.4) is 0 Å². The van der Waals surface area contributed by atoms with Crippen LogP contribution in [0.1, 0.15) is 19.4 Å². The fourth-order valence-corrected chi connectivity index (χ4v) is 1.79. The number of ether oxygens (including phenoxy) is 1. The van der Waals surface area contributed by atoms with Crippen molar-refractivity contribution in [1.82, 2.24) is 5.32 Å². The molecule has 0 aromatic heterocycles. The Labute approximate surface area is 119 Å². The van der Waals surface area contributed by atoms with E-state index in [-0.39, 0.29) is 17.9 Å². The number of amides is 2. The first-order chi connectivity index (χ1) is 9.45. The van der Waals surface area contributed by atoms with Crippen LogP contribution in [0.4, 0.5) is 0 Å². The Morgan fingerprint density at radius 2 is 1.85 bits per heavy atom. The molecule has 0 unspecified atom stereocenters. The smallest absolute Gasteiger partial charge is 0.240 e. The summed E-state index contributed by atoms with van der Waals surface area (Å²) in [5, 5.41) is 2.69. The van der Waals surface area contributed by atoms with E-state index in [1.165, 1.54) is 0 Å².